The number of aromatic nitrogens is 3. The van der Waals surface area contributed by atoms with Crippen LogP contribution in [-0.2, 0) is 12.4 Å². The zero-order chi connectivity index (χ0) is 46.5. The Labute approximate surface area is 379 Å². The molecule has 0 spiro atoms. The highest BCUT2D eigenvalue weighted by Crippen LogP contribution is 2.46. The Morgan fingerprint density at radius 3 is 1.46 bits per heavy atom. The molecule has 0 unspecified atom stereocenters. The fourth-order valence-electron chi connectivity index (χ4n) is 8.57. The Bertz CT molecular complexity index is 3470. The Morgan fingerprint density at radius 1 is 0.388 bits per heavy atom. The van der Waals surface area contributed by atoms with Crippen molar-refractivity contribution in [3.63, 3.8) is 0 Å². The van der Waals surface area contributed by atoms with Gasteiger partial charge in [0.25, 0.3) is 0 Å². The third kappa shape index (κ3) is 8.04. The molecule has 0 aliphatic heterocycles. The molecule has 2 heterocycles. The van der Waals surface area contributed by atoms with Crippen molar-refractivity contribution in [3.05, 3.63) is 210 Å². The molecule has 0 radical (unpaired) electrons. The van der Waals surface area contributed by atoms with E-state index in [0.717, 1.165) is 35.2 Å². The molecule has 0 bridgehead atoms. The van der Waals surface area contributed by atoms with Gasteiger partial charge in [-0.15, -0.1) is 0 Å². The molecule has 2 aromatic heterocycles. The van der Waals surface area contributed by atoms with Gasteiger partial charge in [-0.1, -0.05) is 109 Å². The van der Waals surface area contributed by atoms with Crippen molar-refractivity contribution in [2.75, 3.05) is 0 Å². The summed E-state index contributed by atoms with van der Waals surface area (Å²) in [6.45, 7) is 0. The van der Waals surface area contributed by atoms with E-state index in [0.29, 0.717) is 72.7 Å². The molecule has 5 nitrogen and oxygen atoms in total. The van der Waals surface area contributed by atoms with Gasteiger partial charge in [0.1, 0.15) is 0 Å². The molecular formula is C56H31F6N5. The van der Waals surface area contributed by atoms with Crippen LogP contribution >= 0.6 is 0 Å². The molecule has 0 fully saturated rings. The van der Waals surface area contributed by atoms with E-state index in [1.54, 1.807) is 42.5 Å². The van der Waals surface area contributed by atoms with E-state index in [1.807, 2.05) is 108 Å². The van der Waals surface area contributed by atoms with Crippen molar-refractivity contribution in [1.29, 1.82) is 10.5 Å². The lowest BCUT2D eigenvalue weighted by molar-refractivity contribution is -0.138. The maximum Gasteiger partial charge on any atom is 0.416 e. The number of hydrogen-bond donors (Lipinski definition) is 0. The highest BCUT2D eigenvalue weighted by Gasteiger charge is 2.33. The molecule has 0 aliphatic rings. The number of alkyl halides is 6. The Balaban J connectivity index is 1.34. The number of halogens is 6. The van der Waals surface area contributed by atoms with Crippen LogP contribution in [0.25, 0.3) is 94.8 Å². The van der Waals surface area contributed by atoms with Gasteiger partial charge < -0.3 is 4.57 Å². The standard InChI is InChI=1S/C56H31F6N5/c57-55(58,59)43-17-9-15-39(26-43)46-29-42(50-31-49(36-11-3-1-4-12-36)65-54(66-50)37-13-5-2-6-14-37)30-47(40-16-10-18-44(27-40)56(60,61)62)53(46)67-51-20-8-7-19-45(51)48-28-38(21-22-52(48)67)41-24-34(32-63)23-35(25-41)33-64/h1-31H. The summed E-state index contributed by atoms with van der Waals surface area (Å²) in [6.07, 6.45) is -9.45. The van der Waals surface area contributed by atoms with Crippen molar-refractivity contribution in [2.45, 2.75) is 12.4 Å². The van der Waals surface area contributed by atoms with Crippen molar-refractivity contribution < 1.29 is 26.3 Å². The number of nitriles is 2. The maximum atomic E-state index is 14.6. The van der Waals surface area contributed by atoms with Crippen LogP contribution in [-0.4, -0.2) is 14.5 Å². The summed E-state index contributed by atoms with van der Waals surface area (Å²) in [5, 5.41) is 21.0. The molecule has 10 rings (SSSR count). The van der Waals surface area contributed by atoms with Gasteiger partial charge in [-0.25, -0.2) is 9.97 Å². The van der Waals surface area contributed by atoms with E-state index >= 15 is 0 Å². The molecule has 0 saturated carbocycles. The van der Waals surface area contributed by atoms with E-state index in [9.17, 15) is 36.9 Å². The molecule has 322 valence electrons. The largest absolute Gasteiger partial charge is 0.416 e. The van der Waals surface area contributed by atoms with Gasteiger partial charge in [0.05, 0.1) is 62.5 Å². The summed E-state index contributed by atoms with van der Waals surface area (Å²) < 4.78 is 89.7. The van der Waals surface area contributed by atoms with Crippen LogP contribution in [0.1, 0.15) is 22.3 Å². The summed E-state index contributed by atoms with van der Waals surface area (Å²) in [5.74, 6) is 0.364. The van der Waals surface area contributed by atoms with Crippen LogP contribution in [0.3, 0.4) is 0 Å². The minimum absolute atomic E-state index is 0.153. The first-order valence-corrected chi connectivity index (χ1v) is 20.9. The maximum absolute atomic E-state index is 14.6. The van der Waals surface area contributed by atoms with Crippen molar-refractivity contribution in [2.24, 2.45) is 0 Å². The average Bonchev–Trinajstić information content (AvgIpc) is 3.69. The second-order valence-electron chi connectivity index (χ2n) is 15.9. The Morgan fingerprint density at radius 2 is 0.896 bits per heavy atom. The Hall–Kier alpha value is -8.80. The summed E-state index contributed by atoms with van der Waals surface area (Å²) in [6, 6.07) is 55.7. The van der Waals surface area contributed by atoms with Crippen LogP contribution in [0.4, 0.5) is 26.3 Å². The number of hydrogen-bond acceptors (Lipinski definition) is 4. The molecule has 0 atom stereocenters. The first kappa shape index (κ1) is 42.2. The van der Waals surface area contributed by atoms with Crippen LogP contribution in [0.15, 0.2) is 188 Å². The van der Waals surface area contributed by atoms with E-state index < -0.39 is 23.5 Å². The summed E-state index contributed by atoms with van der Waals surface area (Å²) in [5.41, 5.74) is 5.27. The second kappa shape index (κ2) is 16.6. The quantitative estimate of drug-likeness (QED) is 0.149. The first-order valence-electron chi connectivity index (χ1n) is 20.9. The fraction of sp³-hybridized carbons (Fsp3) is 0.0357. The third-order valence-corrected chi connectivity index (χ3v) is 11.7. The molecule has 8 aromatic carbocycles. The molecule has 10 aromatic rings. The number of nitrogens with zero attached hydrogens (tertiary/aromatic N) is 5. The van der Waals surface area contributed by atoms with Gasteiger partial charge in [-0.2, -0.15) is 36.9 Å². The topological polar surface area (TPSA) is 78.3 Å². The summed E-state index contributed by atoms with van der Waals surface area (Å²) in [4.78, 5) is 9.94. The smallest absolute Gasteiger partial charge is 0.308 e. The van der Waals surface area contributed by atoms with Gasteiger partial charge in [0.2, 0.25) is 0 Å². The monoisotopic (exact) mass is 887 g/mol. The first-order chi connectivity index (χ1) is 32.4. The fourth-order valence-corrected chi connectivity index (χ4v) is 8.57. The molecular weight excluding hydrogens is 857 g/mol. The van der Waals surface area contributed by atoms with Crippen molar-refractivity contribution >= 4 is 21.8 Å². The van der Waals surface area contributed by atoms with Crippen LogP contribution in [0.2, 0.25) is 0 Å². The minimum Gasteiger partial charge on any atom is -0.308 e. The zero-order valence-electron chi connectivity index (χ0n) is 34.9. The molecule has 67 heavy (non-hydrogen) atoms. The van der Waals surface area contributed by atoms with Crippen molar-refractivity contribution in [1.82, 2.24) is 14.5 Å². The third-order valence-electron chi connectivity index (χ3n) is 11.7. The number of benzene rings is 8. The molecule has 0 aliphatic carbocycles. The summed E-state index contributed by atoms with van der Waals surface area (Å²) in [7, 11) is 0. The normalized spacial score (nSPS) is 11.7. The van der Waals surface area contributed by atoms with E-state index in [1.165, 1.54) is 18.2 Å². The van der Waals surface area contributed by atoms with Crippen LogP contribution in [0.5, 0.6) is 0 Å². The lowest BCUT2D eigenvalue weighted by atomic mass is 9.90. The molecule has 0 saturated heterocycles. The van der Waals surface area contributed by atoms with E-state index in [-0.39, 0.29) is 22.3 Å². The van der Waals surface area contributed by atoms with Gasteiger partial charge in [-0.3, -0.25) is 0 Å². The highest BCUT2D eigenvalue weighted by molar-refractivity contribution is 6.12. The van der Waals surface area contributed by atoms with Gasteiger partial charge in [0, 0.05) is 38.6 Å². The van der Waals surface area contributed by atoms with Crippen LogP contribution in [0, 0.1) is 22.7 Å². The summed E-state index contributed by atoms with van der Waals surface area (Å²) >= 11 is 0. The van der Waals surface area contributed by atoms with E-state index in [4.69, 9.17) is 9.97 Å². The minimum atomic E-state index is -4.73. The molecule has 0 N–H and O–H groups in total. The predicted molar refractivity (Wildman–Crippen MR) is 248 cm³/mol. The van der Waals surface area contributed by atoms with Crippen molar-refractivity contribution in [3.8, 4) is 85.1 Å². The lowest BCUT2D eigenvalue weighted by Crippen LogP contribution is -2.07. The zero-order valence-corrected chi connectivity index (χ0v) is 34.9. The molecule has 11 heteroatoms. The second-order valence-corrected chi connectivity index (χ2v) is 15.9. The number of rotatable bonds is 7. The number of fused-ring (bicyclic) bond motifs is 3. The molecule has 0 amide bonds. The Kier molecular flexibility index (Phi) is 10.5. The highest BCUT2D eigenvalue weighted by atomic mass is 19.4. The van der Waals surface area contributed by atoms with Gasteiger partial charge in [0.15, 0.2) is 5.82 Å². The van der Waals surface area contributed by atoms with Crippen LogP contribution < -0.4 is 0 Å². The lowest BCUT2D eigenvalue weighted by Gasteiger charge is -2.22. The predicted octanol–water partition coefficient (Wildman–Crippen LogP) is 15.4. The van der Waals surface area contributed by atoms with Gasteiger partial charge >= 0.3 is 12.4 Å². The number of para-hydroxylation sites is 1. The van der Waals surface area contributed by atoms with E-state index in [2.05, 4.69) is 12.1 Å². The SMILES string of the molecule is N#Cc1cc(C#N)cc(-c2ccc3c(c2)c2ccccc2n3-c2c(-c3cccc(C(F)(F)F)c3)cc(-c3cc(-c4ccccc4)nc(-c4ccccc4)n3)cc2-c2cccc(C(F)(F)F)c2)c1. The van der Waals surface area contributed by atoms with Gasteiger partial charge in [-0.05, 0) is 101 Å². The average molecular weight is 888 g/mol.